The maximum Gasteiger partial charge on any atom is 0.0726 e. The van der Waals surface area contributed by atoms with Crippen molar-refractivity contribution in [1.29, 1.82) is 0 Å². The number of benzene rings is 10. The van der Waals surface area contributed by atoms with E-state index in [0.29, 0.717) is 0 Å². The van der Waals surface area contributed by atoms with Crippen molar-refractivity contribution < 1.29 is 0 Å². The van der Waals surface area contributed by atoms with E-state index < -0.39 is 5.41 Å². The highest BCUT2D eigenvalue weighted by atomic mass is 15.0. The van der Waals surface area contributed by atoms with E-state index in [0.717, 1.165) is 0 Å². The molecule has 0 aliphatic heterocycles. The third-order valence-corrected chi connectivity index (χ3v) is 12.8. The van der Waals surface area contributed by atoms with Crippen molar-refractivity contribution in [2.75, 3.05) is 0 Å². The fourth-order valence-electron chi connectivity index (χ4n) is 10.7. The van der Waals surface area contributed by atoms with Gasteiger partial charge in [0.25, 0.3) is 0 Å². The summed E-state index contributed by atoms with van der Waals surface area (Å²) in [6.45, 7) is 0. The Morgan fingerprint density at radius 2 is 0.815 bits per heavy atom. The number of fused-ring (bicyclic) bond motifs is 21. The van der Waals surface area contributed by atoms with Gasteiger partial charge in [-0.1, -0.05) is 152 Å². The highest BCUT2D eigenvalue weighted by Crippen LogP contribution is 2.64. The summed E-state index contributed by atoms with van der Waals surface area (Å²) in [6, 6.07) is 70.9. The van der Waals surface area contributed by atoms with Gasteiger partial charge >= 0.3 is 0 Å². The van der Waals surface area contributed by atoms with Crippen LogP contribution < -0.4 is 0 Å². The second-order valence-electron chi connectivity index (χ2n) is 15.1. The summed E-state index contributed by atoms with van der Waals surface area (Å²) in [5.74, 6) is 0. The van der Waals surface area contributed by atoms with Crippen LogP contribution in [0, 0.1) is 0 Å². The average molecular weight is 682 g/mol. The predicted molar refractivity (Wildman–Crippen MR) is 227 cm³/mol. The molecule has 0 N–H and O–H groups in total. The van der Waals surface area contributed by atoms with E-state index in [1.165, 1.54) is 115 Å². The zero-order valence-corrected chi connectivity index (χ0v) is 29.3. The Labute approximate surface area is 312 Å². The van der Waals surface area contributed by atoms with Gasteiger partial charge < -0.3 is 4.57 Å². The molecule has 1 heterocycles. The SMILES string of the molecule is c1ccc2c(c1)-c1ccc(-n3c4ccccc4c4c5ccccc5ccc43)cc1C21c2ccccc2-c2cc3c4ccccc4c4ccccc4c3cc21. The molecule has 0 saturated heterocycles. The Morgan fingerprint density at radius 3 is 1.54 bits per heavy atom. The summed E-state index contributed by atoms with van der Waals surface area (Å²) in [6.07, 6.45) is 0. The average Bonchev–Trinajstić information content (AvgIpc) is 3.84. The lowest BCUT2D eigenvalue weighted by Crippen LogP contribution is -2.26. The predicted octanol–water partition coefficient (Wildman–Crippen LogP) is 13.7. The van der Waals surface area contributed by atoms with Crippen LogP contribution in [0.5, 0.6) is 0 Å². The zero-order valence-electron chi connectivity index (χ0n) is 29.3. The molecule has 0 saturated carbocycles. The van der Waals surface area contributed by atoms with E-state index in [-0.39, 0.29) is 0 Å². The molecular formula is C53H31N. The van der Waals surface area contributed by atoms with E-state index >= 15 is 0 Å². The van der Waals surface area contributed by atoms with Gasteiger partial charge in [0, 0.05) is 16.5 Å². The lowest BCUT2D eigenvalue weighted by Gasteiger charge is -2.31. The standard InChI is InChI=1S/C53H31N/c1-2-14-34-32(13-1)25-28-51-52(34)42-21-9-12-24-50(42)54(51)33-26-27-41-39-19-7-10-22-46(39)53(48(41)29-33)47-23-11-8-20-40(47)45-30-43-37-17-5-3-15-35(37)36-16-4-6-18-38(36)44(43)31-49(45)53/h1-31H. The molecule has 1 heteroatoms. The largest absolute Gasteiger partial charge is 0.309 e. The summed E-state index contributed by atoms with van der Waals surface area (Å²) >= 11 is 0. The van der Waals surface area contributed by atoms with Crippen LogP contribution in [-0.2, 0) is 5.41 Å². The van der Waals surface area contributed by atoms with Gasteiger partial charge in [-0.25, -0.2) is 0 Å². The van der Waals surface area contributed by atoms with Crippen molar-refractivity contribution >= 4 is 64.9 Å². The Hall–Kier alpha value is -6.96. The molecule has 54 heavy (non-hydrogen) atoms. The molecule has 10 aromatic carbocycles. The Kier molecular flexibility index (Phi) is 5.36. The van der Waals surface area contributed by atoms with Crippen LogP contribution in [0.3, 0.4) is 0 Å². The quantitative estimate of drug-likeness (QED) is 0.152. The summed E-state index contributed by atoms with van der Waals surface area (Å²) in [7, 11) is 0. The molecule has 0 radical (unpaired) electrons. The normalized spacial score (nSPS) is 15.5. The molecular weight excluding hydrogens is 651 g/mol. The molecule has 2 aliphatic carbocycles. The molecule has 0 bridgehead atoms. The number of para-hydroxylation sites is 1. The molecule has 1 nitrogen and oxygen atoms in total. The lowest BCUT2D eigenvalue weighted by molar-refractivity contribution is 0.794. The minimum atomic E-state index is -0.472. The number of hydrogen-bond acceptors (Lipinski definition) is 0. The molecule has 1 atom stereocenters. The van der Waals surface area contributed by atoms with Gasteiger partial charge in [-0.2, -0.15) is 0 Å². The Balaban J connectivity index is 1.18. The maximum atomic E-state index is 2.56. The number of nitrogens with zero attached hydrogens (tertiary/aromatic N) is 1. The van der Waals surface area contributed by atoms with Gasteiger partial charge in [-0.05, 0) is 124 Å². The van der Waals surface area contributed by atoms with Crippen molar-refractivity contribution in [3.8, 4) is 27.9 Å². The van der Waals surface area contributed by atoms with E-state index in [1.807, 2.05) is 0 Å². The summed E-state index contributed by atoms with van der Waals surface area (Å²) in [4.78, 5) is 0. The third kappa shape index (κ3) is 3.37. The first kappa shape index (κ1) is 28.6. The van der Waals surface area contributed by atoms with Gasteiger partial charge in [0.1, 0.15) is 0 Å². The smallest absolute Gasteiger partial charge is 0.0726 e. The van der Waals surface area contributed by atoms with E-state index in [1.54, 1.807) is 0 Å². The second-order valence-corrected chi connectivity index (χ2v) is 15.1. The van der Waals surface area contributed by atoms with Crippen molar-refractivity contribution in [1.82, 2.24) is 4.57 Å². The molecule has 1 unspecified atom stereocenters. The first-order valence-corrected chi connectivity index (χ1v) is 18.9. The summed E-state index contributed by atoms with van der Waals surface area (Å²) < 4.78 is 2.50. The lowest BCUT2D eigenvalue weighted by atomic mass is 9.70. The van der Waals surface area contributed by atoms with Crippen LogP contribution in [0.15, 0.2) is 188 Å². The molecule has 13 rings (SSSR count). The Morgan fingerprint density at radius 1 is 0.296 bits per heavy atom. The molecule has 0 amide bonds. The van der Waals surface area contributed by atoms with E-state index in [2.05, 4.69) is 193 Å². The van der Waals surface area contributed by atoms with Gasteiger partial charge in [-0.15, -0.1) is 0 Å². The summed E-state index contributed by atoms with van der Waals surface area (Å²) in [5.41, 5.74) is 13.9. The molecule has 0 fully saturated rings. The van der Waals surface area contributed by atoms with Crippen LogP contribution >= 0.6 is 0 Å². The number of aromatic nitrogens is 1. The van der Waals surface area contributed by atoms with Crippen LogP contribution in [-0.4, -0.2) is 4.57 Å². The summed E-state index contributed by atoms with van der Waals surface area (Å²) in [5, 5.41) is 13.0. The fourth-order valence-corrected chi connectivity index (χ4v) is 10.7. The zero-order chi connectivity index (χ0) is 35.1. The van der Waals surface area contributed by atoms with Crippen LogP contribution in [0.4, 0.5) is 0 Å². The van der Waals surface area contributed by atoms with Crippen LogP contribution in [0.1, 0.15) is 22.3 Å². The van der Waals surface area contributed by atoms with Crippen LogP contribution in [0.2, 0.25) is 0 Å². The van der Waals surface area contributed by atoms with Crippen molar-refractivity contribution in [2.24, 2.45) is 0 Å². The minimum absolute atomic E-state index is 0.472. The maximum absolute atomic E-state index is 2.56. The Bertz CT molecular complexity index is 3450. The third-order valence-electron chi connectivity index (χ3n) is 12.8. The van der Waals surface area contributed by atoms with Crippen molar-refractivity contribution in [3.05, 3.63) is 210 Å². The number of rotatable bonds is 1. The minimum Gasteiger partial charge on any atom is -0.309 e. The van der Waals surface area contributed by atoms with Crippen LogP contribution in [0.25, 0.3) is 92.8 Å². The topological polar surface area (TPSA) is 4.93 Å². The monoisotopic (exact) mass is 681 g/mol. The highest BCUT2D eigenvalue weighted by molar-refractivity contribution is 6.26. The highest BCUT2D eigenvalue weighted by Gasteiger charge is 2.52. The fraction of sp³-hybridized carbons (Fsp3) is 0.0189. The number of hydrogen-bond donors (Lipinski definition) is 0. The van der Waals surface area contributed by atoms with E-state index in [4.69, 9.17) is 0 Å². The van der Waals surface area contributed by atoms with Crippen molar-refractivity contribution in [3.63, 3.8) is 0 Å². The van der Waals surface area contributed by atoms with E-state index in [9.17, 15) is 0 Å². The van der Waals surface area contributed by atoms with Gasteiger partial charge in [0.05, 0.1) is 16.4 Å². The van der Waals surface area contributed by atoms with Gasteiger partial charge in [0.15, 0.2) is 0 Å². The first-order chi connectivity index (χ1) is 26.8. The van der Waals surface area contributed by atoms with Crippen molar-refractivity contribution in [2.45, 2.75) is 5.41 Å². The first-order valence-electron chi connectivity index (χ1n) is 18.9. The van der Waals surface area contributed by atoms with Gasteiger partial charge in [0.2, 0.25) is 0 Å². The van der Waals surface area contributed by atoms with Gasteiger partial charge in [-0.3, -0.25) is 0 Å². The molecule has 2 aliphatic rings. The molecule has 1 aromatic heterocycles. The molecule has 248 valence electrons. The molecule has 1 spiro atoms. The second kappa shape index (κ2) is 10.1. The molecule has 11 aromatic rings.